The van der Waals surface area contributed by atoms with Gasteiger partial charge in [-0.1, -0.05) is 49.3 Å². The zero-order valence-corrected chi connectivity index (χ0v) is 19.9. The fourth-order valence-electron chi connectivity index (χ4n) is 3.50. The molecule has 162 valence electrons. The fraction of sp³-hybridized carbons (Fsp3) is 0.381. The third-order valence-electron chi connectivity index (χ3n) is 5.00. The van der Waals surface area contributed by atoms with Crippen molar-refractivity contribution in [2.45, 2.75) is 37.1 Å². The highest BCUT2D eigenvalue weighted by Crippen LogP contribution is 2.49. The number of nitrogens with zero attached hydrogens (tertiary/aromatic N) is 3. The van der Waals surface area contributed by atoms with Crippen molar-refractivity contribution in [2.75, 3.05) is 25.9 Å². The minimum absolute atomic E-state index is 0.715. The molecule has 1 aromatic heterocycles. The molecule has 4 rings (SSSR count). The third-order valence-corrected chi connectivity index (χ3v) is 6.52. The van der Waals surface area contributed by atoms with Crippen LogP contribution in [0, 0.1) is 6.92 Å². The summed E-state index contributed by atoms with van der Waals surface area (Å²) in [6.07, 6.45) is 0.715. The van der Waals surface area contributed by atoms with Gasteiger partial charge in [0.1, 0.15) is 5.69 Å². The van der Waals surface area contributed by atoms with Gasteiger partial charge < -0.3 is 4.90 Å². The number of fused-ring (bicyclic) bond motifs is 2. The normalized spacial score (nSPS) is 12.6. The second-order valence-corrected chi connectivity index (χ2v) is 10.1. The summed E-state index contributed by atoms with van der Waals surface area (Å²) in [6.45, 7) is 10.7. The Hall–Kier alpha value is -1.58. The second kappa shape index (κ2) is 9.28. The number of hydrogen-bond donors (Lipinski definition) is 1. The highest BCUT2D eigenvalue weighted by atomic mass is 35.5. The van der Waals surface area contributed by atoms with E-state index >= 15 is 0 Å². The first-order valence-corrected chi connectivity index (χ1v) is 12.8. The van der Waals surface area contributed by atoms with Crippen LogP contribution in [0.3, 0.4) is 0 Å². The van der Waals surface area contributed by atoms with Gasteiger partial charge in [-0.15, -0.1) is 0 Å². The fourth-order valence-corrected chi connectivity index (χ4v) is 4.95. The Kier molecular flexibility index (Phi) is 7.14. The first-order valence-electron chi connectivity index (χ1n) is 9.75. The molecule has 2 aromatic carbocycles. The summed E-state index contributed by atoms with van der Waals surface area (Å²) in [5.41, 5.74) is 4.82. The molecule has 1 N–H and O–H groups in total. The van der Waals surface area contributed by atoms with Crippen LogP contribution in [0.1, 0.15) is 19.4 Å². The highest BCUT2D eigenvalue weighted by Gasteiger charge is 2.25. The maximum absolute atomic E-state index is 9.19. The smallest absolute Gasteiger partial charge is 0.261 e. The summed E-state index contributed by atoms with van der Waals surface area (Å²) in [6, 6.07) is 10.5. The molecule has 3 aromatic rings. The lowest BCUT2D eigenvalue weighted by atomic mass is 10.1. The zero-order valence-electron chi connectivity index (χ0n) is 17.5. The molecule has 1 aliphatic heterocycles. The van der Waals surface area contributed by atoms with Gasteiger partial charge >= 0.3 is 0 Å². The van der Waals surface area contributed by atoms with Crippen LogP contribution < -0.4 is 0 Å². The molecule has 0 aliphatic carbocycles. The topological polar surface area (TPSA) is 75.4 Å². The number of aromatic nitrogens is 2. The lowest BCUT2D eigenvalue weighted by Gasteiger charge is -2.18. The average molecular weight is 468 g/mol. The van der Waals surface area contributed by atoms with Gasteiger partial charge in [-0.2, -0.15) is 13.5 Å². The predicted octanol–water partition coefficient (Wildman–Crippen LogP) is 4.98. The van der Waals surface area contributed by atoms with Crippen molar-refractivity contribution in [3.63, 3.8) is 0 Å². The molecule has 1 aliphatic rings. The van der Waals surface area contributed by atoms with Crippen LogP contribution in [0.25, 0.3) is 22.2 Å². The molecular formula is C21H26ClN3O3S2. The quantitative estimate of drug-likeness (QED) is 0.417. The summed E-state index contributed by atoms with van der Waals surface area (Å²) in [5, 5.41) is 7.08. The number of halogens is 1. The van der Waals surface area contributed by atoms with Crippen LogP contribution in [0.2, 0.25) is 5.02 Å². The van der Waals surface area contributed by atoms with E-state index in [1.165, 1.54) is 31.8 Å². The predicted molar refractivity (Wildman–Crippen MR) is 124 cm³/mol. The molecule has 0 unspecified atom stereocenters. The SMILES string of the molecule is CCN(CC)CCn1nc2c3c(c(C)ccc31)Sc1cc(Cl)ccc1-2.CS(=O)(=O)O. The molecule has 0 fully saturated rings. The summed E-state index contributed by atoms with van der Waals surface area (Å²) in [4.78, 5) is 4.95. The Morgan fingerprint density at radius 2 is 1.87 bits per heavy atom. The first-order chi connectivity index (χ1) is 14.1. The van der Waals surface area contributed by atoms with Gasteiger partial charge in [0.25, 0.3) is 10.1 Å². The number of rotatable bonds is 5. The summed E-state index contributed by atoms with van der Waals surface area (Å²) >= 11 is 8.04. The molecule has 0 atom stereocenters. The van der Waals surface area contributed by atoms with Gasteiger partial charge in [-0.3, -0.25) is 9.23 Å². The summed E-state index contributed by atoms with van der Waals surface area (Å²) < 4.78 is 28.0. The minimum Gasteiger partial charge on any atom is -0.302 e. The monoisotopic (exact) mass is 467 g/mol. The van der Waals surface area contributed by atoms with E-state index < -0.39 is 10.1 Å². The van der Waals surface area contributed by atoms with Gasteiger partial charge in [0.2, 0.25) is 0 Å². The van der Waals surface area contributed by atoms with E-state index in [2.05, 4.69) is 54.6 Å². The van der Waals surface area contributed by atoms with Crippen molar-refractivity contribution in [3.05, 3.63) is 40.9 Å². The Labute approximate surface area is 187 Å². The summed E-state index contributed by atoms with van der Waals surface area (Å²) in [5.74, 6) is 0. The first kappa shape index (κ1) is 23.1. The van der Waals surface area contributed by atoms with Gasteiger partial charge in [-0.25, -0.2) is 0 Å². The maximum Gasteiger partial charge on any atom is 0.261 e. The standard InChI is InChI=1S/C20H22ClN3S.CH4O3S/c1-4-23(5-2)10-11-24-16-9-6-13(3)20-18(16)19(22-24)15-8-7-14(21)12-17(15)25-20;1-5(2,3)4/h6-9,12H,4-5,10-11H2,1-3H3;1H3,(H,2,3,4). The molecule has 0 radical (unpaired) electrons. The van der Waals surface area contributed by atoms with E-state index in [0.717, 1.165) is 36.9 Å². The van der Waals surface area contributed by atoms with Crippen LogP contribution in [-0.4, -0.2) is 53.5 Å². The van der Waals surface area contributed by atoms with Crippen molar-refractivity contribution >= 4 is 44.4 Å². The van der Waals surface area contributed by atoms with Gasteiger partial charge in [-0.05, 0) is 43.8 Å². The molecule has 2 heterocycles. The Morgan fingerprint density at radius 1 is 1.20 bits per heavy atom. The number of benzene rings is 2. The van der Waals surface area contributed by atoms with Gasteiger partial charge in [0.15, 0.2) is 0 Å². The zero-order chi connectivity index (χ0) is 22.1. The van der Waals surface area contributed by atoms with Gasteiger partial charge in [0, 0.05) is 32.3 Å². The molecular weight excluding hydrogens is 442 g/mol. The van der Waals surface area contributed by atoms with Crippen molar-refractivity contribution in [3.8, 4) is 11.3 Å². The third kappa shape index (κ3) is 5.18. The van der Waals surface area contributed by atoms with Crippen LogP contribution in [0.5, 0.6) is 0 Å². The van der Waals surface area contributed by atoms with E-state index in [1.54, 1.807) is 0 Å². The maximum atomic E-state index is 9.19. The Balaban J connectivity index is 0.000000461. The van der Waals surface area contributed by atoms with E-state index in [-0.39, 0.29) is 0 Å². The van der Waals surface area contributed by atoms with Crippen LogP contribution >= 0.6 is 23.4 Å². The minimum atomic E-state index is -3.67. The van der Waals surface area contributed by atoms with Crippen LogP contribution in [-0.2, 0) is 16.7 Å². The second-order valence-electron chi connectivity index (χ2n) is 7.18. The van der Waals surface area contributed by atoms with Gasteiger partial charge in [0.05, 0.1) is 18.3 Å². The lowest BCUT2D eigenvalue weighted by Crippen LogP contribution is -2.27. The number of likely N-dealkylation sites (N-methyl/N-ethyl adjacent to an activating group) is 1. The molecule has 0 amide bonds. The Bertz CT molecular complexity index is 1160. The molecule has 0 saturated heterocycles. The Morgan fingerprint density at radius 3 is 2.50 bits per heavy atom. The van der Waals surface area contributed by atoms with Crippen molar-refractivity contribution in [1.82, 2.24) is 14.7 Å². The lowest BCUT2D eigenvalue weighted by molar-refractivity contribution is 0.287. The largest absolute Gasteiger partial charge is 0.302 e. The number of hydrogen-bond acceptors (Lipinski definition) is 5. The van der Waals surface area contributed by atoms with Crippen molar-refractivity contribution in [2.24, 2.45) is 0 Å². The van der Waals surface area contributed by atoms with E-state index in [4.69, 9.17) is 21.3 Å². The summed E-state index contributed by atoms with van der Waals surface area (Å²) in [7, 11) is -3.67. The van der Waals surface area contributed by atoms with E-state index in [0.29, 0.717) is 6.26 Å². The molecule has 6 nitrogen and oxygen atoms in total. The molecule has 9 heteroatoms. The van der Waals surface area contributed by atoms with Crippen molar-refractivity contribution < 1.29 is 13.0 Å². The molecule has 0 bridgehead atoms. The number of aryl methyl sites for hydroxylation is 1. The average Bonchev–Trinajstić information content (AvgIpc) is 3.03. The highest BCUT2D eigenvalue weighted by molar-refractivity contribution is 7.99. The molecule has 0 spiro atoms. The van der Waals surface area contributed by atoms with Crippen molar-refractivity contribution in [1.29, 1.82) is 0 Å². The van der Waals surface area contributed by atoms with Crippen LogP contribution in [0.4, 0.5) is 0 Å². The van der Waals surface area contributed by atoms with E-state index in [9.17, 15) is 8.42 Å². The van der Waals surface area contributed by atoms with Crippen LogP contribution in [0.15, 0.2) is 40.1 Å². The molecule has 30 heavy (non-hydrogen) atoms. The molecule has 0 saturated carbocycles. The van der Waals surface area contributed by atoms with E-state index in [1.807, 2.05) is 17.8 Å².